The monoisotopic (exact) mass is 233 g/mol. The van der Waals surface area contributed by atoms with Crippen LogP contribution in [-0.4, -0.2) is 31.4 Å². The van der Waals surface area contributed by atoms with Gasteiger partial charge in [-0.25, -0.2) is 0 Å². The summed E-state index contributed by atoms with van der Waals surface area (Å²) in [6.07, 6.45) is 0.243. The van der Waals surface area contributed by atoms with Gasteiger partial charge in [0.15, 0.2) is 0 Å². The number of rotatable bonds is 3. The Balaban J connectivity index is 0.00000169. The molecule has 0 aliphatic carbocycles. The molecule has 0 saturated carbocycles. The van der Waals surface area contributed by atoms with Crippen molar-refractivity contribution in [1.29, 1.82) is 0 Å². The van der Waals surface area contributed by atoms with Crippen LogP contribution in [0.4, 0.5) is 12.9 Å². The smallest absolute Gasteiger partial charge is 0.448 e. The van der Waals surface area contributed by atoms with Crippen LogP contribution >= 0.6 is 0 Å². The Kier molecular flexibility index (Phi) is 6.90. The van der Waals surface area contributed by atoms with Crippen LogP contribution in [0.3, 0.4) is 0 Å². The van der Waals surface area contributed by atoms with Gasteiger partial charge in [-0.15, -0.1) is 0 Å². The predicted octanol–water partition coefficient (Wildman–Crippen LogP) is -0.645. The van der Waals surface area contributed by atoms with Crippen molar-refractivity contribution in [2.24, 2.45) is 11.8 Å². The summed E-state index contributed by atoms with van der Waals surface area (Å²) in [4.78, 5) is 1.53. The molecule has 1 heterocycles. The minimum atomic E-state index is -4.63. The molecule has 1 rings (SSSR count). The molecule has 0 radical (unpaired) electrons. The Bertz CT molecular complexity index is 174. The standard InChI is InChI=1S/C8H16BF3N.K/c1-7(2)8-3-4-13(5-8)6-9(10,11)12;/h7-8H,3-6H2,1-2H3;/q-1;+1. The van der Waals surface area contributed by atoms with Crippen molar-refractivity contribution in [2.45, 2.75) is 20.3 Å². The molecule has 14 heavy (non-hydrogen) atoms. The average Bonchev–Trinajstić information content (AvgIpc) is 2.31. The second kappa shape index (κ2) is 6.25. The largest absolute Gasteiger partial charge is 1.00 e. The first kappa shape index (κ1) is 15.5. The number of nitrogens with zero attached hydrogens (tertiary/aromatic N) is 1. The molecule has 6 heteroatoms. The minimum absolute atomic E-state index is 0. The number of hydrogen-bond donors (Lipinski definition) is 0. The van der Waals surface area contributed by atoms with Gasteiger partial charge in [0.1, 0.15) is 0 Å². The van der Waals surface area contributed by atoms with Gasteiger partial charge in [-0.2, -0.15) is 0 Å². The van der Waals surface area contributed by atoms with Gasteiger partial charge in [0.05, 0.1) is 0 Å². The van der Waals surface area contributed by atoms with Gasteiger partial charge in [0.2, 0.25) is 0 Å². The maximum atomic E-state index is 12.1. The summed E-state index contributed by atoms with van der Waals surface area (Å²) in [5.74, 6) is 0.962. The maximum absolute atomic E-state index is 12.1. The van der Waals surface area contributed by atoms with Crippen LogP contribution < -0.4 is 51.4 Å². The quantitative estimate of drug-likeness (QED) is 0.586. The van der Waals surface area contributed by atoms with Crippen molar-refractivity contribution in [1.82, 2.24) is 4.90 Å². The molecule has 0 bridgehead atoms. The summed E-state index contributed by atoms with van der Waals surface area (Å²) in [6.45, 7) is 0.760. The van der Waals surface area contributed by atoms with E-state index in [-0.39, 0.29) is 51.4 Å². The molecule has 1 saturated heterocycles. The second-order valence-corrected chi connectivity index (χ2v) is 4.26. The normalized spacial score (nSPS) is 24.0. The van der Waals surface area contributed by atoms with Crippen LogP contribution in [0.1, 0.15) is 20.3 Å². The average molecular weight is 233 g/mol. The molecule has 0 N–H and O–H groups in total. The molecule has 0 aromatic heterocycles. The summed E-state index contributed by atoms with van der Waals surface area (Å²) in [6, 6.07) is 0. The molecule has 1 aliphatic heterocycles. The van der Waals surface area contributed by atoms with Gasteiger partial charge in [-0.3, -0.25) is 0 Å². The van der Waals surface area contributed by atoms with E-state index in [0.29, 0.717) is 24.9 Å². The fraction of sp³-hybridized carbons (Fsp3) is 1.00. The van der Waals surface area contributed by atoms with E-state index < -0.39 is 13.4 Å². The molecule has 0 aromatic carbocycles. The molecule has 0 aromatic rings. The SMILES string of the molecule is CC(C)C1CCN(C[B-](F)(F)F)C1.[K+]. The van der Waals surface area contributed by atoms with Crippen molar-refractivity contribution in [3.63, 3.8) is 0 Å². The van der Waals surface area contributed by atoms with Gasteiger partial charge in [0.25, 0.3) is 0 Å². The van der Waals surface area contributed by atoms with E-state index in [4.69, 9.17) is 0 Å². The zero-order valence-electron chi connectivity index (χ0n) is 9.14. The van der Waals surface area contributed by atoms with Crippen LogP contribution in [0, 0.1) is 11.8 Å². The van der Waals surface area contributed by atoms with E-state index >= 15 is 0 Å². The van der Waals surface area contributed by atoms with E-state index in [0.717, 1.165) is 6.42 Å². The number of hydrogen-bond acceptors (Lipinski definition) is 1. The van der Waals surface area contributed by atoms with E-state index in [1.807, 2.05) is 0 Å². The molecule has 1 fully saturated rings. The molecular formula is C8H16BF3KN. The molecule has 1 aliphatic rings. The van der Waals surface area contributed by atoms with Crippen molar-refractivity contribution in [2.75, 3.05) is 19.5 Å². The van der Waals surface area contributed by atoms with Gasteiger partial charge < -0.3 is 17.8 Å². The zero-order valence-corrected chi connectivity index (χ0v) is 12.3. The number of halogens is 3. The number of likely N-dealkylation sites (tertiary alicyclic amines) is 1. The van der Waals surface area contributed by atoms with Gasteiger partial charge in [-0.1, -0.05) is 13.8 Å². The molecule has 0 amide bonds. The Morgan fingerprint density at radius 2 is 1.93 bits per heavy atom. The van der Waals surface area contributed by atoms with Crippen LogP contribution in [0.2, 0.25) is 0 Å². The van der Waals surface area contributed by atoms with Gasteiger partial charge in [-0.05, 0) is 37.8 Å². The molecule has 78 valence electrons. The van der Waals surface area contributed by atoms with Crippen molar-refractivity contribution in [3.05, 3.63) is 0 Å². The van der Waals surface area contributed by atoms with Crippen LogP contribution in [-0.2, 0) is 0 Å². The van der Waals surface area contributed by atoms with Crippen molar-refractivity contribution < 1.29 is 64.3 Å². The third-order valence-corrected chi connectivity index (χ3v) is 2.72. The fourth-order valence-corrected chi connectivity index (χ4v) is 1.87. The maximum Gasteiger partial charge on any atom is 1.00 e. The van der Waals surface area contributed by atoms with E-state index in [1.165, 1.54) is 4.90 Å². The van der Waals surface area contributed by atoms with E-state index in [1.54, 1.807) is 0 Å². The first-order valence-corrected chi connectivity index (χ1v) is 4.82. The Hall–Kier alpha value is 1.45. The topological polar surface area (TPSA) is 3.24 Å². The third kappa shape index (κ3) is 5.51. The fourth-order valence-electron chi connectivity index (χ4n) is 1.87. The Morgan fingerprint density at radius 3 is 2.29 bits per heavy atom. The van der Waals surface area contributed by atoms with Gasteiger partial charge >= 0.3 is 58.4 Å². The zero-order chi connectivity index (χ0) is 10.1. The van der Waals surface area contributed by atoms with Crippen molar-refractivity contribution >= 4 is 6.98 Å². The summed E-state index contributed by atoms with van der Waals surface area (Å²) in [7, 11) is 0. The Labute approximate surface area is 126 Å². The summed E-state index contributed by atoms with van der Waals surface area (Å²) in [5.41, 5.74) is 0. The van der Waals surface area contributed by atoms with Crippen LogP contribution in [0.5, 0.6) is 0 Å². The summed E-state index contributed by atoms with van der Waals surface area (Å²) >= 11 is 0. The van der Waals surface area contributed by atoms with Crippen molar-refractivity contribution in [3.8, 4) is 0 Å². The van der Waals surface area contributed by atoms with Crippen LogP contribution in [0.25, 0.3) is 0 Å². The summed E-state index contributed by atoms with van der Waals surface area (Å²) < 4.78 is 36.2. The molecule has 1 nitrogen and oxygen atoms in total. The molecule has 1 unspecified atom stereocenters. The van der Waals surface area contributed by atoms with E-state index in [2.05, 4.69) is 13.8 Å². The molecule has 0 spiro atoms. The minimum Gasteiger partial charge on any atom is -0.448 e. The molecular weight excluding hydrogens is 217 g/mol. The Morgan fingerprint density at radius 1 is 1.36 bits per heavy atom. The first-order chi connectivity index (χ1) is 5.88. The van der Waals surface area contributed by atoms with E-state index in [9.17, 15) is 12.9 Å². The summed E-state index contributed by atoms with van der Waals surface area (Å²) in [5, 5.41) is 0. The predicted molar refractivity (Wildman–Crippen MR) is 48.5 cm³/mol. The third-order valence-electron chi connectivity index (χ3n) is 2.72. The van der Waals surface area contributed by atoms with Gasteiger partial charge in [0, 0.05) is 0 Å². The molecule has 1 atom stereocenters. The second-order valence-electron chi connectivity index (χ2n) is 4.26. The first-order valence-electron chi connectivity index (χ1n) is 4.82. The van der Waals surface area contributed by atoms with Crippen LogP contribution in [0.15, 0.2) is 0 Å².